The molecule has 0 aliphatic rings. The lowest BCUT2D eigenvalue weighted by Gasteiger charge is -2.17. The number of fused-ring (bicyclic) bond motifs is 1. The van der Waals surface area contributed by atoms with E-state index in [-0.39, 0.29) is 11.1 Å². The minimum absolute atomic E-state index is 0.191. The first-order chi connectivity index (χ1) is 14.9. The third kappa shape index (κ3) is 4.20. The van der Waals surface area contributed by atoms with Gasteiger partial charge in [0.15, 0.2) is 0 Å². The van der Waals surface area contributed by atoms with Gasteiger partial charge in [0.1, 0.15) is 11.9 Å². The van der Waals surface area contributed by atoms with Crippen LogP contribution in [0.25, 0.3) is 10.8 Å². The van der Waals surface area contributed by atoms with Crippen molar-refractivity contribution in [1.29, 1.82) is 0 Å². The van der Waals surface area contributed by atoms with Crippen molar-refractivity contribution in [2.75, 3.05) is 5.32 Å². The first-order valence-electron chi connectivity index (χ1n) is 9.53. The number of alkyl halides is 3. The number of primary amides is 1. The predicted molar refractivity (Wildman–Crippen MR) is 111 cm³/mol. The molecule has 3 N–H and O–H groups in total. The van der Waals surface area contributed by atoms with Crippen LogP contribution in [0.15, 0.2) is 53.5 Å². The molecule has 0 aliphatic heterocycles. The van der Waals surface area contributed by atoms with Gasteiger partial charge in [0.25, 0.3) is 5.56 Å². The van der Waals surface area contributed by atoms with Crippen LogP contribution in [-0.4, -0.2) is 16.4 Å². The van der Waals surface area contributed by atoms with Gasteiger partial charge >= 0.3 is 6.18 Å². The Hall–Kier alpha value is -3.69. The van der Waals surface area contributed by atoms with E-state index in [1.165, 1.54) is 44.3 Å². The molecule has 6 nitrogen and oxygen atoms in total. The zero-order valence-electron chi connectivity index (χ0n) is 17.0. The maximum Gasteiger partial charge on any atom is 0.419 e. The smallest absolute Gasteiger partial charge is 0.368 e. The fraction of sp³-hybridized carbons (Fsp3) is 0.227. The van der Waals surface area contributed by atoms with Gasteiger partial charge in [0.2, 0.25) is 11.8 Å². The Bertz CT molecular complexity index is 1270. The predicted octanol–water partition coefficient (Wildman–Crippen LogP) is 3.95. The van der Waals surface area contributed by atoms with E-state index in [9.17, 15) is 31.9 Å². The second-order valence-corrected chi connectivity index (χ2v) is 7.29. The average Bonchev–Trinajstić information content (AvgIpc) is 2.72. The topological polar surface area (TPSA) is 94.2 Å². The van der Waals surface area contributed by atoms with Crippen LogP contribution in [0.4, 0.5) is 23.2 Å². The van der Waals surface area contributed by atoms with Crippen molar-refractivity contribution in [2.24, 2.45) is 5.73 Å². The monoisotopic (exact) mass is 449 g/mol. The summed E-state index contributed by atoms with van der Waals surface area (Å²) in [4.78, 5) is 36.9. The van der Waals surface area contributed by atoms with Crippen LogP contribution >= 0.6 is 0 Å². The number of amides is 2. The number of benzene rings is 2. The number of nitrogens with two attached hydrogens (primary N) is 1. The molecule has 0 spiro atoms. The molecule has 2 aromatic carbocycles. The average molecular weight is 449 g/mol. The van der Waals surface area contributed by atoms with E-state index in [0.717, 1.165) is 16.7 Å². The number of pyridine rings is 1. The van der Waals surface area contributed by atoms with E-state index in [1.807, 2.05) is 0 Å². The molecular formula is C22H19F4N3O3. The molecule has 32 heavy (non-hydrogen) atoms. The van der Waals surface area contributed by atoms with Crippen LogP contribution in [0.5, 0.6) is 0 Å². The van der Waals surface area contributed by atoms with Crippen LogP contribution in [0.1, 0.15) is 36.9 Å². The molecule has 0 aliphatic carbocycles. The number of hydrogen-bond donors (Lipinski definition) is 2. The minimum atomic E-state index is -4.89. The lowest BCUT2D eigenvalue weighted by molar-refractivity contribution is -0.140. The Balaban J connectivity index is 1.97. The molecule has 3 rings (SSSR count). The molecule has 168 valence electrons. The van der Waals surface area contributed by atoms with Crippen molar-refractivity contribution >= 4 is 28.3 Å². The maximum atomic E-state index is 14.4. The van der Waals surface area contributed by atoms with Gasteiger partial charge in [-0.1, -0.05) is 18.2 Å². The molecular weight excluding hydrogens is 430 g/mol. The van der Waals surface area contributed by atoms with Gasteiger partial charge in [-0.15, -0.1) is 0 Å². The highest BCUT2D eigenvalue weighted by molar-refractivity contribution is 6.04. The Morgan fingerprint density at radius 2 is 1.69 bits per heavy atom. The Morgan fingerprint density at radius 1 is 1.03 bits per heavy atom. The van der Waals surface area contributed by atoms with E-state index in [2.05, 4.69) is 5.32 Å². The second-order valence-electron chi connectivity index (χ2n) is 7.29. The zero-order valence-corrected chi connectivity index (χ0v) is 17.0. The van der Waals surface area contributed by atoms with Gasteiger partial charge in [-0.2, -0.15) is 13.2 Å². The lowest BCUT2D eigenvalue weighted by atomic mass is 9.96. The van der Waals surface area contributed by atoms with Crippen molar-refractivity contribution in [3.63, 3.8) is 0 Å². The Kier molecular flexibility index (Phi) is 6.07. The highest BCUT2D eigenvalue weighted by Crippen LogP contribution is 2.34. The summed E-state index contributed by atoms with van der Waals surface area (Å²) in [5.41, 5.74) is 3.10. The maximum absolute atomic E-state index is 14.4. The SMILES string of the molecule is CC(C(=O)Nc1cccc2c(=O)n([C@H](C)C(N)=O)ccc12)c1cccc(C(F)(F)F)c1F. The van der Waals surface area contributed by atoms with Gasteiger partial charge in [-0.05, 0) is 38.1 Å². The molecule has 2 atom stereocenters. The number of anilines is 1. The van der Waals surface area contributed by atoms with E-state index in [1.54, 1.807) is 0 Å². The normalized spacial score (nSPS) is 13.6. The third-order valence-electron chi connectivity index (χ3n) is 5.25. The first-order valence-corrected chi connectivity index (χ1v) is 9.53. The van der Waals surface area contributed by atoms with Crippen LogP contribution in [0, 0.1) is 5.82 Å². The molecule has 0 saturated carbocycles. The number of carbonyl (C=O) groups excluding carboxylic acids is 2. The fourth-order valence-corrected chi connectivity index (χ4v) is 3.33. The number of hydrogen-bond acceptors (Lipinski definition) is 3. The van der Waals surface area contributed by atoms with Crippen LogP contribution in [0.3, 0.4) is 0 Å². The van der Waals surface area contributed by atoms with Crippen LogP contribution < -0.4 is 16.6 Å². The van der Waals surface area contributed by atoms with Gasteiger partial charge in [-0.25, -0.2) is 4.39 Å². The van der Waals surface area contributed by atoms with E-state index in [0.29, 0.717) is 11.5 Å². The standard InChI is InChI=1S/C22H19F4N3O3/c1-11(13-5-3-7-16(18(13)23)22(24,25)26)20(31)28-17-8-4-6-15-14(17)9-10-29(21(15)32)12(2)19(27)30/h3-12H,1-2H3,(H2,27,30)(H,28,31)/t11?,12-/m1/s1. The van der Waals surface area contributed by atoms with Crippen molar-refractivity contribution < 1.29 is 27.2 Å². The van der Waals surface area contributed by atoms with E-state index < -0.39 is 52.5 Å². The highest BCUT2D eigenvalue weighted by atomic mass is 19.4. The molecule has 0 radical (unpaired) electrons. The van der Waals surface area contributed by atoms with E-state index >= 15 is 0 Å². The molecule has 0 bridgehead atoms. The summed E-state index contributed by atoms with van der Waals surface area (Å²) in [5, 5.41) is 3.07. The number of aromatic nitrogens is 1. The number of halogens is 4. The largest absolute Gasteiger partial charge is 0.419 e. The van der Waals surface area contributed by atoms with Crippen molar-refractivity contribution in [3.05, 3.63) is 76.0 Å². The number of nitrogens with zero attached hydrogens (tertiary/aromatic N) is 1. The third-order valence-corrected chi connectivity index (χ3v) is 5.25. The molecule has 1 aromatic heterocycles. The van der Waals surface area contributed by atoms with Gasteiger partial charge in [0, 0.05) is 28.2 Å². The second kappa shape index (κ2) is 8.45. The summed E-state index contributed by atoms with van der Waals surface area (Å²) >= 11 is 0. The highest BCUT2D eigenvalue weighted by Gasteiger charge is 2.36. The summed E-state index contributed by atoms with van der Waals surface area (Å²) in [6, 6.07) is 7.84. The summed E-state index contributed by atoms with van der Waals surface area (Å²) in [6.45, 7) is 2.74. The van der Waals surface area contributed by atoms with Crippen molar-refractivity contribution in [1.82, 2.24) is 4.57 Å². The number of carbonyl (C=O) groups is 2. The molecule has 3 aromatic rings. The van der Waals surface area contributed by atoms with E-state index in [4.69, 9.17) is 5.73 Å². The molecule has 10 heteroatoms. The summed E-state index contributed by atoms with van der Waals surface area (Å²) in [6.07, 6.45) is -3.54. The molecule has 2 amide bonds. The van der Waals surface area contributed by atoms with Crippen LogP contribution in [0.2, 0.25) is 0 Å². The summed E-state index contributed by atoms with van der Waals surface area (Å²) in [5.74, 6) is -4.22. The summed E-state index contributed by atoms with van der Waals surface area (Å²) < 4.78 is 54.5. The first kappa shape index (κ1) is 23.0. The number of nitrogens with one attached hydrogen (secondary N) is 1. The molecule has 1 heterocycles. The van der Waals surface area contributed by atoms with Crippen LogP contribution in [-0.2, 0) is 15.8 Å². The quantitative estimate of drug-likeness (QED) is 0.578. The molecule has 0 saturated heterocycles. The van der Waals surface area contributed by atoms with Gasteiger partial charge in [-0.3, -0.25) is 14.4 Å². The van der Waals surface area contributed by atoms with Crippen molar-refractivity contribution in [3.8, 4) is 0 Å². The Labute approximate surface area is 179 Å². The molecule has 1 unspecified atom stereocenters. The summed E-state index contributed by atoms with van der Waals surface area (Å²) in [7, 11) is 0. The van der Waals surface area contributed by atoms with Crippen molar-refractivity contribution in [2.45, 2.75) is 32.0 Å². The lowest BCUT2D eigenvalue weighted by Crippen LogP contribution is -2.31. The van der Waals surface area contributed by atoms with Gasteiger partial charge in [0.05, 0.1) is 11.5 Å². The number of rotatable bonds is 5. The van der Waals surface area contributed by atoms with Gasteiger partial charge < -0.3 is 15.6 Å². The molecule has 0 fully saturated rings. The minimum Gasteiger partial charge on any atom is -0.368 e. The Morgan fingerprint density at radius 3 is 2.31 bits per heavy atom. The zero-order chi connectivity index (χ0) is 23.8. The fourth-order valence-electron chi connectivity index (χ4n) is 3.33.